The van der Waals surface area contributed by atoms with Crippen molar-refractivity contribution in [1.29, 1.82) is 0 Å². The summed E-state index contributed by atoms with van der Waals surface area (Å²) < 4.78 is 5.61. The van der Waals surface area contributed by atoms with Crippen molar-refractivity contribution in [2.75, 3.05) is 55.3 Å². The van der Waals surface area contributed by atoms with Gasteiger partial charge in [0.25, 0.3) is 0 Å². The normalized spacial score (nSPS) is 14.8. The van der Waals surface area contributed by atoms with E-state index in [1.165, 1.54) is 5.69 Å². The number of benzene rings is 2. The Morgan fingerprint density at radius 1 is 0.964 bits per heavy atom. The first-order valence-electron chi connectivity index (χ1n) is 9.83. The van der Waals surface area contributed by atoms with Gasteiger partial charge in [0.2, 0.25) is 5.91 Å². The number of piperazine rings is 1. The molecule has 6 heteroatoms. The standard InChI is InChI=1S/C22H30N4O2/c1-17(2)28-21-10-6-19(7-11-21)24-22(27)16-23-18-4-8-20(9-5-18)26-14-12-25(3)13-15-26/h4-11,17,23H,12-16H2,1-3H3,(H,24,27). The highest BCUT2D eigenvalue weighted by Gasteiger charge is 2.14. The predicted molar refractivity (Wildman–Crippen MR) is 115 cm³/mol. The molecule has 0 unspecified atom stereocenters. The summed E-state index contributed by atoms with van der Waals surface area (Å²) in [6.07, 6.45) is 0.132. The zero-order valence-electron chi connectivity index (χ0n) is 16.9. The van der Waals surface area contributed by atoms with E-state index in [2.05, 4.69) is 39.6 Å². The van der Waals surface area contributed by atoms with Crippen LogP contribution in [0.5, 0.6) is 5.75 Å². The second-order valence-corrected chi connectivity index (χ2v) is 7.43. The van der Waals surface area contributed by atoms with Gasteiger partial charge in [-0.2, -0.15) is 0 Å². The quantitative estimate of drug-likeness (QED) is 0.770. The first-order valence-corrected chi connectivity index (χ1v) is 9.83. The number of anilines is 3. The van der Waals surface area contributed by atoms with E-state index in [1.54, 1.807) is 0 Å². The Kier molecular flexibility index (Phi) is 6.76. The van der Waals surface area contributed by atoms with Crippen LogP contribution in [0.3, 0.4) is 0 Å². The van der Waals surface area contributed by atoms with Crippen molar-refractivity contribution in [2.24, 2.45) is 0 Å². The largest absolute Gasteiger partial charge is 0.491 e. The van der Waals surface area contributed by atoms with E-state index in [9.17, 15) is 4.79 Å². The van der Waals surface area contributed by atoms with E-state index in [1.807, 2.05) is 50.2 Å². The molecule has 1 heterocycles. The molecule has 150 valence electrons. The van der Waals surface area contributed by atoms with Crippen molar-refractivity contribution < 1.29 is 9.53 Å². The smallest absolute Gasteiger partial charge is 0.243 e. The van der Waals surface area contributed by atoms with E-state index >= 15 is 0 Å². The molecule has 1 fully saturated rings. The van der Waals surface area contributed by atoms with Crippen LogP contribution in [0.1, 0.15) is 13.8 Å². The minimum Gasteiger partial charge on any atom is -0.491 e. The predicted octanol–water partition coefficient (Wildman–Crippen LogP) is 3.28. The van der Waals surface area contributed by atoms with Crippen LogP contribution < -0.4 is 20.3 Å². The summed E-state index contributed by atoms with van der Waals surface area (Å²) in [5.74, 6) is 0.715. The van der Waals surface area contributed by atoms with Gasteiger partial charge < -0.3 is 25.2 Å². The van der Waals surface area contributed by atoms with Gasteiger partial charge >= 0.3 is 0 Å². The molecule has 0 aromatic heterocycles. The molecule has 28 heavy (non-hydrogen) atoms. The fourth-order valence-corrected chi connectivity index (χ4v) is 3.13. The fourth-order valence-electron chi connectivity index (χ4n) is 3.13. The van der Waals surface area contributed by atoms with Crippen LogP contribution in [-0.4, -0.2) is 56.7 Å². The summed E-state index contributed by atoms with van der Waals surface area (Å²) in [6.45, 7) is 8.46. The Morgan fingerprint density at radius 3 is 2.18 bits per heavy atom. The summed E-state index contributed by atoms with van der Waals surface area (Å²) in [5, 5.41) is 6.07. The summed E-state index contributed by atoms with van der Waals surface area (Å²) in [4.78, 5) is 16.9. The lowest BCUT2D eigenvalue weighted by Gasteiger charge is -2.34. The Labute approximate surface area is 167 Å². The third kappa shape index (κ3) is 5.89. The van der Waals surface area contributed by atoms with Crippen LogP contribution >= 0.6 is 0 Å². The second-order valence-electron chi connectivity index (χ2n) is 7.43. The van der Waals surface area contributed by atoms with Gasteiger partial charge in [0.05, 0.1) is 12.6 Å². The van der Waals surface area contributed by atoms with Crippen molar-refractivity contribution in [3.05, 3.63) is 48.5 Å². The summed E-state index contributed by atoms with van der Waals surface area (Å²) in [5.41, 5.74) is 2.92. The Hall–Kier alpha value is -2.73. The lowest BCUT2D eigenvalue weighted by molar-refractivity contribution is -0.114. The van der Waals surface area contributed by atoms with Crippen LogP contribution in [0, 0.1) is 0 Å². The maximum Gasteiger partial charge on any atom is 0.243 e. The zero-order valence-corrected chi connectivity index (χ0v) is 16.9. The molecule has 0 saturated carbocycles. The molecule has 2 N–H and O–H groups in total. The fraction of sp³-hybridized carbons (Fsp3) is 0.409. The van der Waals surface area contributed by atoms with Crippen molar-refractivity contribution in [3.63, 3.8) is 0 Å². The van der Waals surface area contributed by atoms with E-state index in [-0.39, 0.29) is 18.6 Å². The van der Waals surface area contributed by atoms with Crippen molar-refractivity contribution in [1.82, 2.24) is 4.90 Å². The molecule has 1 amide bonds. The van der Waals surface area contributed by atoms with Gasteiger partial charge in [-0.25, -0.2) is 0 Å². The van der Waals surface area contributed by atoms with Crippen LogP contribution in [0.2, 0.25) is 0 Å². The maximum absolute atomic E-state index is 12.2. The number of rotatable bonds is 7. The third-order valence-corrected chi connectivity index (χ3v) is 4.70. The lowest BCUT2D eigenvalue weighted by Crippen LogP contribution is -2.44. The average molecular weight is 383 g/mol. The summed E-state index contributed by atoms with van der Waals surface area (Å²) in [6, 6.07) is 15.7. The Morgan fingerprint density at radius 2 is 1.57 bits per heavy atom. The number of ether oxygens (including phenoxy) is 1. The maximum atomic E-state index is 12.2. The van der Waals surface area contributed by atoms with E-state index < -0.39 is 0 Å². The molecule has 0 atom stereocenters. The number of carbonyl (C=O) groups is 1. The topological polar surface area (TPSA) is 56.8 Å². The summed E-state index contributed by atoms with van der Waals surface area (Å²) >= 11 is 0. The van der Waals surface area contributed by atoms with E-state index in [0.717, 1.165) is 43.3 Å². The van der Waals surface area contributed by atoms with Crippen molar-refractivity contribution in [3.8, 4) is 5.75 Å². The number of amides is 1. The number of nitrogens with one attached hydrogen (secondary N) is 2. The minimum atomic E-state index is -0.0827. The van der Waals surface area contributed by atoms with Crippen LogP contribution in [0.4, 0.5) is 17.1 Å². The number of hydrogen-bond acceptors (Lipinski definition) is 5. The first kappa shape index (κ1) is 20.0. The molecule has 0 bridgehead atoms. The molecule has 0 radical (unpaired) electrons. The van der Waals surface area contributed by atoms with Crippen LogP contribution in [0.15, 0.2) is 48.5 Å². The highest BCUT2D eigenvalue weighted by Crippen LogP contribution is 2.20. The molecule has 3 rings (SSSR count). The number of nitrogens with zero attached hydrogens (tertiary/aromatic N) is 2. The lowest BCUT2D eigenvalue weighted by atomic mass is 10.2. The van der Waals surface area contributed by atoms with E-state index in [0.29, 0.717) is 0 Å². The van der Waals surface area contributed by atoms with Crippen molar-refractivity contribution in [2.45, 2.75) is 20.0 Å². The number of carbonyl (C=O) groups excluding carboxylic acids is 1. The van der Waals surface area contributed by atoms with Gasteiger partial charge in [-0.05, 0) is 69.4 Å². The monoisotopic (exact) mass is 382 g/mol. The Bertz CT molecular complexity index is 751. The van der Waals surface area contributed by atoms with Gasteiger partial charge in [-0.15, -0.1) is 0 Å². The minimum absolute atomic E-state index is 0.0827. The molecular weight excluding hydrogens is 352 g/mol. The first-order chi connectivity index (χ1) is 13.5. The SMILES string of the molecule is CC(C)Oc1ccc(NC(=O)CNc2ccc(N3CCN(C)CC3)cc2)cc1. The van der Waals surface area contributed by atoms with Gasteiger partial charge in [-0.3, -0.25) is 4.79 Å². The van der Waals surface area contributed by atoms with Gasteiger partial charge in [0.15, 0.2) is 0 Å². The van der Waals surface area contributed by atoms with Crippen LogP contribution in [0.25, 0.3) is 0 Å². The molecule has 0 spiro atoms. The molecule has 1 saturated heterocycles. The molecule has 2 aromatic rings. The van der Waals surface area contributed by atoms with Crippen molar-refractivity contribution >= 4 is 23.0 Å². The average Bonchev–Trinajstić information content (AvgIpc) is 2.69. The highest BCUT2D eigenvalue weighted by molar-refractivity contribution is 5.93. The molecule has 2 aromatic carbocycles. The highest BCUT2D eigenvalue weighted by atomic mass is 16.5. The third-order valence-electron chi connectivity index (χ3n) is 4.70. The molecule has 1 aliphatic heterocycles. The van der Waals surface area contributed by atoms with Gasteiger partial charge in [-0.1, -0.05) is 0 Å². The number of likely N-dealkylation sites (N-methyl/N-ethyl adjacent to an activating group) is 1. The summed E-state index contributed by atoms with van der Waals surface area (Å²) in [7, 11) is 2.16. The van der Waals surface area contributed by atoms with Crippen LogP contribution in [-0.2, 0) is 4.79 Å². The van der Waals surface area contributed by atoms with E-state index in [4.69, 9.17) is 4.74 Å². The molecule has 6 nitrogen and oxygen atoms in total. The van der Waals surface area contributed by atoms with Gasteiger partial charge in [0, 0.05) is 43.2 Å². The molecule has 0 aliphatic carbocycles. The second kappa shape index (κ2) is 9.46. The van der Waals surface area contributed by atoms with Gasteiger partial charge in [0.1, 0.15) is 5.75 Å². The number of hydrogen-bond donors (Lipinski definition) is 2. The molecule has 1 aliphatic rings. The Balaban J connectivity index is 1.45. The zero-order chi connectivity index (χ0) is 19.9. The molecular formula is C22H30N4O2.